The molecule has 0 fully saturated rings. The van der Waals surface area contributed by atoms with Crippen molar-refractivity contribution < 1.29 is 68.1 Å². The van der Waals surface area contributed by atoms with Crippen LogP contribution < -0.4 is 0 Å². The summed E-state index contributed by atoms with van der Waals surface area (Å²) >= 11 is 0. The van der Waals surface area contributed by atoms with E-state index < -0.39 is 70.6 Å². The van der Waals surface area contributed by atoms with Crippen LogP contribution in [0.3, 0.4) is 0 Å². The Morgan fingerprint density at radius 2 is 0.964 bits per heavy atom. The van der Waals surface area contributed by atoms with E-state index in [0.717, 1.165) is 0 Å². The number of aromatic carboxylic acids is 2. The molecule has 0 aromatic heterocycles. The lowest BCUT2D eigenvalue weighted by Crippen LogP contribution is -2.65. The van der Waals surface area contributed by atoms with Gasteiger partial charge in [-0.2, -0.15) is 48.3 Å². The van der Waals surface area contributed by atoms with Crippen LogP contribution in [0.5, 0.6) is 0 Å². The number of carboxylic acids is 2. The summed E-state index contributed by atoms with van der Waals surface area (Å²) in [6, 6.07) is -0.806. The van der Waals surface area contributed by atoms with Crippen molar-refractivity contribution in [3.8, 4) is 0 Å². The first-order valence-corrected chi connectivity index (χ1v) is 6.42. The molecule has 0 aliphatic carbocycles. The van der Waals surface area contributed by atoms with Crippen molar-refractivity contribution in [1.82, 2.24) is 0 Å². The van der Waals surface area contributed by atoms with Gasteiger partial charge in [0.1, 0.15) is 0 Å². The Labute approximate surface area is 146 Å². The van der Waals surface area contributed by atoms with Crippen LogP contribution in [-0.2, 0) is 5.92 Å². The van der Waals surface area contributed by atoms with Gasteiger partial charge in [0, 0.05) is 5.56 Å². The molecule has 0 bridgehead atoms. The third-order valence-electron chi connectivity index (χ3n) is 3.33. The van der Waals surface area contributed by atoms with Crippen molar-refractivity contribution >= 4 is 11.9 Å². The zero-order valence-corrected chi connectivity index (χ0v) is 12.6. The molecule has 0 saturated carbocycles. The summed E-state index contributed by atoms with van der Waals surface area (Å²) in [5.41, 5.74) is -5.46. The molecule has 2 N–H and O–H groups in total. The summed E-state index contributed by atoms with van der Waals surface area (Å²) < 4.78 is 143. The number of carbonyl (C=O) groups is 2. The molecular formula is C13H5F11O4. The Balaban J connectivity index is 3.73. The summed E-state index contributed by atoms with van der Waals surface area (Å²) in [6.45, 7) is 0. The van der Waals surface area contributed by atoms with Crippen molar-refractivity contribution in [2.45, 2.75) is 29.9 Å². The van der Waals surface area contributed by atoms with Gasteiger partial charge >= 0.3 is 41.8 Å². The minimum absolute atomic E-state index is 0.130. The van der Waals surface area contributed by atoms with Gasteiger partial charge in [-0.1, -0.05) is 0 Å². The molecule has 158 valence electrons. The summed E-state index contributed by atoms with van der Waals surface area (Å²) in [7, 11) is 0. The molecule has 0 saturated heterocycles. The molecule has 0 radical (unpaired) electrons. The number of alkyl halides is 11. The topological polar surface area (TPSA) is 74.6 Å². The van der Waals surface area contributed by atoms with Gasteiger partial charge in [-0.15, -0.1) is 0 Å². The average Bonchev–Trinajstić information content (AvgIpc) is 2.52. The fourth-order valence-electron chi connectivity index (χ4n) is 1.81. The lowest BCUT2D eigenvalue weighted by molar-refractivity contribution is -0.424. The Morgan fingerprint density at radius 3 is 1.25 bits per heavy atom. The SMILES string of the molecule is O=C(O)c1cc(C(=O)O)cc(C(F)(F)C(F)(F)C(F)(F)C(F)(F)C(F)(F)F)c1. The van der Waals surface area contributed by atoms with Gasteiger partial charge in [-0.05, 0) is 18.2 Å². The van der Waals surface area contributed by atoms with E-state index in [9.17, 15) is 57.9 Å². The molecule has 0 spiro atoms. The highest BCUT2D eigenvalue weighted by molar-refractivity contribution is 5.94. The van der Waals surface area contributed by atoms with Crippen molar-refractivity contribution in [1.29, 1.82) is 0 Å². The summed E-state index contributed by atoms with van der Waals surface area (Å²) in [4.78, 5) is 21.5. The van der Waals surface area contributed by atoms with E-state index in [0.29, 0.717) is 0 Å². The highest BCUT2D eigenvalue weighted by Gasteiger charge is 2.87. The molecule has 0 aliphatic rings. The first-order chi connectivity index (χ1) is 12.2. The third kappa shape index (κ3) is 3.32. The molecular weight excluding hydrogens is 429 g/mol. The largest absolute Gasteiger partial charge is 0.478 e. The monoisotopic (exact) mass is 434 g/mol. The number of hydrogen-bond donors (Lipinski definition) is 2. The van der Waals surface area contributed by atoms with Crippen LogP contribution in [-0.4, -0.2) is 46.1 Å². The maximum atomic E-state index is 13.9. The second kappa shape index (κ2) is 6.48. The first kappa shape index (κ1) is 23.4. The summed E-state index contributed by atoms with van der Waals surface area (Å²) in [6.07, 6.45) is -7.36. The van der Waals surface area contributed by atoms with E-state index in [2.05, 4.69) is 0 Å². The highest BCUT2D eigenvalue weighted by Crippen LogP contribution is 2.59. The predicted octanol–water partition coefficient (Wildman–Crippen LogP) is 4.64. The maximum absolute atomic E-state index is 13.9. The molecule has 1 aromatic rings. The number of rotatable bonds is 6. The molecule has 1 rings (SSSR count). The maximum Gasteiger partial charge on any atom is 0.460 e. The molecule has 28 heavy (non-hydrogen) atoms. The summed E-state index contributed by atoms with van der Waals surface area (Å²) in [5.74, 6) is -33.7. The number of hydrogen-bond acceptors (Lipinski definition) is 2. The van der Waals surface area contributed by atoms with E-state index in [-0.39, 0.29) is 6.07 Å². The van der Waals surface area contributed by atoms with Gasteiger partial charge in [0.2, 0.25) is 0 Å². The van der Waals surface area contributed by atoms with Crippen LogP contribution in [0.25, 0.3) is 0 Å². The van der Waals surface area contributed by atoms with Crippen LogP contribution in [0.1, 0.15) is 26.3 Å². The predicted molar refractivity (Wildman–Crippen MR) is 65.2 cm³/mol. The van der Waals surface area contributed by atoms with Crippen LogP contribution >= 0.6 is 0 Å². The zero-order chi connectivity index (χ0) is 22.5. The minimum Gasteiger partial charge on any atom is -0.478 e. The van der Waals surface area contributed by atoms with E-state index in [1.807, 2.05) is 0 Å². The minimum atomic E-state index is -7.70. The normalized spacial score (nSPS) is 14.1. The molecule has 0 amide bonds. The molecule has 4 nitrogen and oxygen atoms in total. The lowest BCUT2D eigenvalue weighted by Gasteiger charge is -2.37. The number of halogens is 11. The first-order valence-electron chi connectivity index (χ1n) is 6.42. The van der Waals surface area contributed by atoms with Crippen molar-refractivity contribution in [3.63, 3.8) is 0 Å². The van der Waals surface area contributed by atoms with E-state index >= 15 is 0 Å². The van der Waals surface area contributed by atoms with E-state index in [1.54, 1.807) is 0 Å². The van der Waals surface area contributed by atoms with Crippen LogP contribution in [0, 0.1) is 0 Å². The van der Waals surface area contributed by atoms with E-state index in [1.165, 1.54) is 0 Å². The Morgan fingerprint density at radius 1 is 0.607 bits per heavy atom. The third-order valence-corrected chi connectivity index (χ3v) is 3.33. The fourth-order valence-corrected chi connectivity index (χ4v) is 1.81. The Kier molecular flexibility index (Phi) is 5.42. The number of benzene rings is 1. The molecule has 0 aliphatic heterocycles. The fraction of sp³-hybridized carbons (Fsp3) is 0.385. The van der Waals surface area contributed by atoms with Crippen LogP contribution in [0.4, 0.5) is 48.3 Å². The Hall–Kier alpha value is -2.61. The van der Waals surface area contributed by atoms with Gasteiger partial charge in [0.15, 0.2) is 0 Å². The van der Waals surface area contributed by atoms with Crippen LogP contribution in [0.15, 0.2) is 18.2 Å². The van der Waals surface area contributed by atoms with Crippen LogP contribution in [0.2, 0.25) is 0 Å². The molecule has 0 heterocycles. The molecule has 0 atom stereocenters. The zero-order valence-electron chi connectivity index (χ0n) is 12.6. The van der Waals surface area contributed by atoms with Gasteiger partial charge in [0.25, 0.3) is 0 Å². The van der Waals surface area contributed by atoms with Crippen molar-refractivity contribution in [2.75, 3.05) is 0 Å². The van der Waals surface area contributed by atoms with Crippen molar-refractivity contribution in [2.24, 2.45) is 0 Å². The average molecular weight is 434 g/mol. The highest BCUT2D eigenvalue weighted by atomic mass is 19.4. The molecule has 1 aromatic carbocycles. The molecule has 15 heteroatoms. The van der Waals surface area contributed by atoms with Gasteiger partial charge in [0.05, 0.1) is 11.1 Å². The van der Waals surface area contributed by atoms with Crippen molar-refractivity contribution in [3.05, 3.63) is 34.9 Å². The standard InChI is InChI=1S/C13H5F11O4/c14-9(15,6-2-4(7(25)26)1-5(3-6)8(27)28)10(16,17)11(18,19)12(20,21)13(22,23)24/h1-3H,(H,25,26)(H,27,28). The second-order valence-electron chi connectivity index (χ2n) is 5.20. The smallest absolute Gasteiger partial charge is 0.460 e. The molecule has 0 unspecified atom stereocenters. The summed E-state index contributed by atoms with van der Waals surface area (Å²) in [5, 5.41) is 17.3. The quantitative estimate of drug-likeness (QED) is 0.640. The van der Waals surface area contributed by atoms with Gasteiger partial charge in [-0.3, -0.25) is 0 Å². The van der Waals surface area contributed by atoms with Gasteiger partial charge < -0.3 is 10.2 Å². The second-order valence-corrected chi connectivity index (χ2v) is 5.20. The van der Waals surface area contributed by atoms with E-state index in [4.69, 9.17) is 10.2 Å². The Bertz CT molecular complexity index is 766. The number of carboxylic acid groups (broad SMARTS) is 2. The lowest BCUT2D eigenvalue weighted by atomic mass is 9.91. The van der Waals surface area contributed by atoms with Gasteiger partial charge in [-0.25, -0.2) is 9.59 Å².